The number of hydrogen-bond acceptors (Lipinski definition) is 4. The zero-order valence-corrected chi connectivity index (χ0v) is 19.6. The lowest BCUT2D eigenvalue weighted by Gasteiger charge is -2.43. The van der Waals surface area contributed by atoms with Gasteiger partial charge in [0.15, 0.2) is 0 Å². The molecule has 0 aliphatic carbocycles. The van der Waals surface area contributed by atoms with E-state index < -0.39 is 17.3 Å². The summed E-state index contributed by atoms with van der Waals surface area (Å²) in [5, 5.41) is 9.07. The van der Waals surface area contributed by atoms with Gasteiger partial charge < -0.3 is 19.6 Å². The number of halogens is 3. The molecule has 3 aliphatic rings. The molecule has 1 aromatic rings. The highest BCUT2D eigenvalue weighted by Crippen LogP contribution is 2.47. The number of carbonyl (C=O) groups is 2. The van der Waals surface area contributed by atoms with Gasteiger partial charge in [-0.1, -0.05) is 0 Å². The molecule has 3 amide bonds. The minimum atomic E-state index is -4.61. The second-order valence-corrected chi connectivity index (χ2v) is 9.83. The number of benzene rings is 1. The number of alkyl halides is 3. The lowest BCUT2D eigenvalue weighted by Crippen LogP contribution is -2.49. The van der Waals surface area contributed by atoms with E-state index in [2.05, 4.69) is 0 Å². The van der Waals surface area contributed by atoms with Gasteiger partial charge in [-0.25, -0.2) is 4.79 Å². The van der Waals surface area contributed by atoms with Gasteiger partial charge in [0.25, 0.3) is 0 Å². The van der Waals surface area contributed by atoms with Crippen molar-refractivity contribution in [3.63, 3.8) is 0 Å². The van der Waals surface area contributed by atoms with Crippen LogP contribution in [0.3, 0.4) is 0 Å². The SMILES string of the molecule is CN(C)C(=O)N1CC(C(=O)N2CCCC2)C2(CCN(c3ccc(C#N)c(C(F)(F)F)c3)CC2)C1. The van der Waals surface area contributed by atoms with E-state index in [1.54, 1.807) is 31.1 Å². The average molecular weight is 478 g/mol. The number of nitrogens with zero attached hydrogens (tertiary/aromatic N) is 5. The fourth-order valence-electron chi connectivity index (χ4n) is 5.67. The molecule has 184 valence electrons. The van der Waals surface area contributed by atoms with Crippen LogP contribution >= 0.6 is 0 Å². The zero-order valence-electron chi connectivity index (χ0n) is 19.6. The number of urea groups is 1. The molecule has 0 N–H and O–H groups in total. The van der Waals surface area contributed by atoms with Crippen molar-refractivity contribution in [3.05, 3.63) is 29.3 Å². The summed E-state index contributed by atoms with van der Waals surface area (Å²) >= 11 is 0. The van der Waals surface area contributed by atoms with E-state index >= 15 is 0 Å². The molecule has 3 heterocycles. The molecule has 0 bridgehead atoms. The maximum Gasteiger partial charge on any atom is 0.417 e. The summed E-state index contributed by atoms with van der Waals surface area (Å²) in [6.45, 7) is 3.30. The third-order valence-corrected chi connectivity index (χ3v) is 7.57. The Kier molecular flexibility index (Phi) is 6.40. The molecule has 7 nitrogen and oxygen atoms in total. The fourth-order valence-corrected chi connectivity index (χ4v) is 5.67. The molecule has 0 aromatic heterocycles. The van der Waals surface area contributed by atoms with Crippen LogP contribution in [0.2, 0.25) is 0 Å². The van der Waals surface area contributed by atoms with Gasteiger partial charge in [-0.05, 0) is 43.9 Å². The van der Waals surface area contributed by atoms with E-state index in [-0.39, 0.29) is 23.3 Å². The maximum atomic E-state index is 13.4. The van der Waals surface area contributed by atoms with Crippen LogP contribution in [-0.4, -0.2) is 80.0 Å². The van der Waals surface area contributed by atoms with E-state index in [0.29, 0.717) is 44.7 Å². The van der Waals surface area contributed by atoms with E-state index in [4.69, 9.17) is 5.26 Å². The Morgan fingerprint density at radius 1 is 1.09 bits per heavy atom. The van der Waals surface area contributed by atoms with Crippen molar-refractivity contribution in [2.45, 2.75) is 31.9 Å². The van der Waals surface area contributed by atoms with Crippen LogP contribution in [0.4, 0.5) is 23.7 Å². The Hall–Kier alpha value is -2.96. The lowest BCUT2D eigenvalue weighted by molar-refractivity contribution is -0.138. The Morgan fingerprint density at radius 2 is 1.74 bits per heavy atom. The van der Waals surface area contributed by atoms with Gasteiger partial charge in [0.2, 0.25) is 5.91 Å². The molecule has 0 saturated carbocycles. The molecule has 3 saturated heterocycles. The first kappa shape index (κ1) is 24.2. The number of likely N-dealkylation sites (tertiary alicyclic amines) is 2. The topological polar surface area (TPSA) is 70.9 Å². The molecule has 1 aromatic carbocycles. The maximum absolute atomic E-state index is 13.4. The van der Waals surface area contributed by atoms with Gasteiger partial charge in [-0.3, -0.25) is 4.79 Å². The van der Waals surface area contributed by atoms with Gasteiger partial charge in [0, 0.05) is 64.5 Å². The number of amides is 3. The van der Waals surface area contributed by atoms with Crippen molar-refractivity contribution in [2.24, 2.45) is 11.3 Å². The number of hydrogen-bond donors (Lipinski definition) is 0. The highest BCUT2D eigenvalue weighted by Gasteiger charge is 2.53. The van der Waals surface area contributed by atoms with Crippen LogP contribution in [0.1, 0.15) is 36.8 Å². The molecule has 1 spiro atoms. The monoisotopic (exact) mass is 477 g/mol. The molecule has 34 heavy (non-hydrogen) atoms. The van der Waals surface area contributed by atoms with Crippen molar-refractivity contribution >= 4 is 17.6 Å². The Balaban J connectivity index is 1.56. The van der Waals surface area contributed by atoms with Crippen molar-refractivity contribution in [1.29, 1.82) is 5.26 Å². The average Bonchev–Trinajstić information content (AvgIpc) is 3.46. The number of piperidine rings is 1. The standard InChI is InChI=1S/C24H30F3N5O2/c1-29(2)22(34)32-15-20(21(33)31-9-3-4-10-31)23(16-32)7-11-30(12-8-23)18-6-5-17(14-28)19(13-18)24(25,26)27/h5-6,13,20H,3-4,7-12,15-16H2,1-2H3. The quantitative estimate of drug-likeness (QED) is 0.655. The van der Waals surface area contributed by atoms with Crippen LogP contribution in [-0.2, 0) is 11.0 Å². The highest BCUT2D eigenvalue weighted by atomic mass is 19.4. The third kappa shape index (κ3) is 4.40. The molecule has 1 atom stereocenters. The normalized spacial score (nSPS) is 22.2. The van der Waals surface area contributed by atoms with Crippen LogP contribution in [0, 0.1) is 22.7 Å². The molecule has 1 unspecified atom stereocenters. The largest absolute Gasteiger partial charge is 0.417 e. The first-order valence-electron chi connectivity index (χ1n) is 11.7. The second kappa shape index (κ2) is 9.01. The van der Waals surface area contributed by atoms with Crippen LogP contribution < -0.4 is 4.90 Å². The molecule has 10 heteroatoms. The van der Waals surface area contributed by atoms with Crippen LogP contribution in [0.15, 0.2) is 18.2 Å². The molecule has 3 aliphatic heterocycles. The molecule has 0 radical (unpaired) electrons. The zero-order chi connectivity index (χ0) is 24.7. The van der Waals surface area contributed by atoms with Crippen molar-refractivity contribution < 1.29 is 22.8 Å². The first-order chi connectivity index (χ1) is 16.1. The first-order valence-corrected chi connectivity index (χ1v) is 11.7. The number of nitriles is 1. The summed E-state index contributed by atoms with van der Waals surface area (Å²) < 4.78 is 40.3. The molecular formula is C24H30F3N5O2. The third-order valence-electron chi connectivity index (χ3n) is 7.57. The predicted molar refractivity (Wildman–Crippen MR) is 120 cm³/mol. The van der Waals surface area contributed by atoms with Gasteiger partial charge >= 0.3 is 12.2 Å². The number of rotatable bonds is 2. The smallest absolute Gasteiger partial charge is 0.371 e. The van der Waals surface area contributed by atoms with Crippen LogP contribution in [0.5, 0.6) is 0 Å². The minimum Gasteiger partial charge on any atom is -0.371 e. The highest BCUT2D eigenvalue weighted by molar-refractivity contribution is 5.83. The minimum absolute atomic E-state index is 0.0951. The molecule has 4 rings (SSSR count). The fraction of sp³-hybridized carbons (Fsp3) is 0.625. The molecule has 3 fully saturated rings. The number of carbonyl (C=O) groups excluding carboxylic acids is 2. The summed E-state index contributed by atoms with van der Waals surface area (Å²) in [7, 11) is 3.38. The Morgan fingerprint density at radius 3 is 2.29 bits per heavy atom. The Labute approximate surface area is 197 Å². The summed E-state index contributed by atoms with van der Waals surface area (Å²) in [5.41, 5.74) is -1.29. The number of anilines is 1. The van der Waals surface area contributed by atoms with Crippen molar-refractivity contribution in [1.82, 2.24) is 14.7 Å². The van der Waals surface area contributed by atoms with Crippen LogP contribution in [0.25, 0.3) is 0 Å². The van der Waals surface area contributed by atoms with Gasteiger partial charge in [-0.15, -0.1) is 0 Å². The summed E-state index contributed by atoms with van der Waals surface area (Å²) in [6.07, 6.45) is -1.42. The van der Waals surface area contributed by atoms with Crippen molar-refractivity contribution in [3.8, 4) is 6.07 Å². The Bertz CT molecular complexity index is 989. The predicted octanol–water partition coefficient (Wildman–Crippen LogP) is 3.40. The summed E-state index contributed by atoms with van der Waals surface area (Å²) in [4.78, 5) is 33.2. The van der Waals surface area contributed by atoms with E-state index in [0.717, 1.165) is 32.0 Å². The van der Waals surface area contributed by atoms with Gasteiger partial charge in [0.1, 0.15) is 0 Å². The molecular weight excluding hydrogens is 447 g/mol. The van der Waals surface area contributed by atoms with Crippen molar-refractivity contribution in [2.75, 3.05) is 58.3 Å². The van der Waals surface area contributed by atoms with E-state index in [1.807, 2.05) is 9.80 Å². The van der Waals surface area contributed by atoms with Gasteiger partial charge in [-0.2, -0.15) is 18.4 Å². The second-order valence-electron chi connectivity index (χ2n) is 9.83. The van der Waals surface area contributed by atoms with E-state index in [1.165, 1.54) is 11.0 Å². The van der Waals surface area contributed by atoms with Gasteiger partial charge in [0.05, 0.1) is 23.1 Å². The van der Waals surface area contributed by atoms with E-state index in [9.17, 15) is 22.8 Å². The summed E-state index contributed by atoms with van der Waals surface area (Å²) in [6, 6.07) is 5.30. The summed E-state index contributed by atoms with van der Waals surface area (Å²) in [5.74, 6) is -0.207. The lowest BCUT2D eigenvalue weighted by atomic mass is 9.70.